The van der Waals surface area contributed by atoms with Crippen LogP contribution in [0.3, 0.4) is 0 Å². The van der Waals surface area contributed by atoms with E-state index in [4.69, 9.17) is 17.2 Å². The number of nitrogens with one attached hydrogen (secondary N) is 1. The van der Waals surface area contributed by atoms with Crippen molar-refractivity contribution in [2.75, 3.05) is 17.2 Å². The lowest BCUT2D eigenvalue weighted by Gasteiger charge is -2.32. The van der Waals surface area contributed by atoms with Crippen LogP contribution >= 0.6 is 0 Å². The molecule has 5 rings (SSSR count). The molecule has 1 fully saturated rings. The first-order valence-corrected chi connectivity index (χ1v) is 13.3. The van der Waals surface area contributed by atoms with Crippen molar-refractivity contribution in [1.82, 2.24) is 30.6 Å². The minimum atomic E-state index is -0.945. The predicted octanol–water partition coefficient (Wildman–Crippen LogP) is 2.10. The molecule has 0 unspecified atom stereocenters. The molecule has 0 saturated heterocycles. The molecule has 0 bridgehead atoms. The van der Waals surface area contributed by atoms with Gasteiger partial charge in [0, 0.05) is 29.4 Å². The average molecular weight is 541 g/mol. The van der Waals surface area contributed by atoms with E-state index in [-0.39, 0.29) is 24.2 Å². The lowest BCUT2D eigenvalue weighted by molar-refractivity contribution is -0.130. The van der Waals surface area contributed by atoms with Crippen LogP contribution in [0.15, 0.2) is 60.9 Å². The van der Waals surface area contributed by atoms with Crippen LogP contribution in [0.25, 0.3) is 22.5 Å². The molecular weight excluding hydrogens is 508 g/mol. The molecule has 1 saturated carbocycles. The van der Waals surface area contributed by atoms with Gasteiger partial charge in [-0.2, -0.15) is 5.21 Å². The maximum absolute atomic E-state index is 13.8. The first kappa shape index (κ1) is 27.0. The Kier molecular flexibility index (Phi) is 8.18. The normalized spacial score (nSPS) is 17.8. The summed E-state index contributed by atoms with van der Waals surface area (Å²) in [5.74, 6) is 0.0432. The van der Waals surface area contributed by atoms with Crippen LogP contribution in [0.4, 0.5) is 11.6 Å². The fraction of sp³-hybridized carbons (Fsp3) is 0.321. The molecular formula is C28H32N10O2. The number of nitrogen functional groups attached to an aromatic ring is 1. The standard InChI is InChI=1S/C28H32N10O2/c29-14-17-4-6-20(7-5-17)26(39)38(23-10-8-19(9-11-23)25-34-36-37-35-25)27(40)24(30)13-18-2-1-3-21(12-18)22-15-32-28(31)33-16-22/h1-3,8-12,15-17,20,24H,4-7,13-14,29-30H2,(H2,31,32,33)(H,34,35,36,37)/t17?,20?,24-/m0/s1. The van der Waals surface area contributed by atoms with E-state index in [2.05, 4.69) is 30.6 Å². The Morgan fingerprint density at radius 1 is 0.975 bits per heavy atom. The molecule has 0 radical (unpaired) electrons. The summed E-state index contributed by atoms with van der Waals surface area (Å²) in [4.78, 5) is 37.0. The van der Waals surface area contributed by atoms with Crippen LogP contribution in [0.1, 0.15) is 31.2 Å². The van der Waals surface area contributed by atoms with Crippen LogP contribution < -0.4 is 22.1 Å². The minimum Gasteiger partial charge on any atom is -0.368 e. The molecule has 4 aromatic rings. The first-order chi connectivity index (χ1) is 19.4. The van der Waals surface area contributed by atoms with Crippen molar-refractivity contribution in [3.63, 3.8) is 0 Å². The largest absolute Gasteiger partial charge is 0.368 e. The van der Waals surface area contributed by atoms with Gasteiger partial charge >= 0.3 is 0 Å². The summed E-state index contributed by atoms with van der Waals surface area (Å²) >= 11 is 0. The number of rotatable bonds is 8. The highest BCUT2D eigenvalue weighted by Crippen LogP contribution is 2.32. The molecule has 7 N–H and O–H groups in total. The molecule has 1 atom stereocenters. The van der Waals surface area contributed by atoms with Crippen molar-refractivity contribution in [3.05, 3.63) is 66.5 Å². The third-order valence-electron chi connectivity index (χ3n) is 7.40. The zero-order chi connectivity index (χ0) is 28.1. The number of imide groups is 1. The number of aromatic amines is 1. The van der Waals surface area contributed by atoms with Crippen molar-refractivity contribution in [1.29, 1.82) is 0 Å². The molecule has 1 aliphatic carbocycles. The molecule has 0 spiro atoms. The molecule has 2 aromatic carbocycles. The molecule has 206 valence electrons. The fourth-order valence-corrected chi connectivity index (χ4v) is 5.11. The summed E-state index contributed by atoms with van der Waals surface area (Å²) in [7, 11) is 0. The Bertz CT molecular complexity index is 1430. The number of H-pyrrole nitrogens is 1. The van der Waals surface area contributed by atoms with Gasteiger partial charge in [-0.05, 0) is 85.2 Å². The van der Waals surface area contributed by atoms with Crippen molar-refractivity contribution in [2.24, 2.45) is 23.3 Å². The number of tetrazole rings is 1. The molecule has 40 heavy (non-hydrogen) atoms. The van der Waals surface area contributed by atoms with E-state index in [1.807, 2.05) is 24.3 Å². The van der Waals surface area contributed by atoms with Gasteiger partial charge in [-0.3, -0.25) is 9.59 Å². The smallest absolute Gasteiger partial charge is 0.251 e. The maximum Gasteiger partial charge on any atom is 0.251 e. The molecule has 2 amide bonds. The van der Waals surface area contributed by atoms with Crippen LogP contribution in [0.5, 0.6) is 0 Å². The van der Waals surface area contributed by atoms with E-state index in [9.17, 15) is 9.59 Å². The average Bonchev–Trinajstić information content (AvgIpc) is 3.53. The van der Waals surface area contributed by atoms with E-state index in [1.54, 1.807) is 36.7 Å². The summed E-state index contributed by atoms with van der Waals surface area (Å²) < 4.78 is 0. The van der Waals surface area contributed by atoms with Crippen LogP contribution in [-0.4, -0.2) is 55.0 Å². The van der Waals surface area contributed by atoms with Gasteiger partial charge in [-0.15, -0.1) is 10.2 Å². The van der Waals surface area contributed by atoms with Gasteiger partial charge in [-0.25, -0.2) is 14.9 Å². The monoisotopic (exact) mass is 540 g/mol. The summed E-state index contributed by atoms with van der Waals surface area (Å²) in [6.07, 6.45) is 6.62. The third kappa shape index (κ3) is 6.03. The number of carbonyl (C=O) groups is 2. The Morgan fingerprint density at radius 3 is 2.35 bits per heavy atom. The summed E-state index contributed by atoms with van der Waals surface area (Å²) in [6, 6.07) is 13.6. The maximum atomic E-state index is 13.8. The lowest BCUT2D eigenvalue weighted by Crippen LogP contribution is -2.50. The molecule has 1 aliphatic rings. The number of nitrogens with zero attached hydrogens (tertiary/aromatic N) is 6. The Hall–Kier alpha value is -4.55. The zero-order valence-electron chi connectivity index (χ0n) is 22.0. The number of amides is 2. The van der Waals surface area contributed by atoms with E-state index in [1.165, 1.54) is 4.90 Å². The summed E-state index contributed by atoms with van der Waals surface area (Å²) in [6.45, 7) is 0.605. The molecule has 12 nitrogen and oxygen atoms in total. The Morgan fingerprint density at radius 2 is 1.70 bits per heavy atom. The van der Waals surface area contributed by atoms with Gasteiger partial charge in [0.2, 0.25) is 17.7 Å². The highest BCUT2D eigenvalue weighted by Gasteiger charge is 2.35. The molecule has 12 heteroatoms. The van der Waals surface area contributed by atoms with Crippen molar-refractivity contribution < 1.29 is 9.59 Å². The number of carbonyl (C=O) groups excluding carboxylic acids is 2. The fourth-order valence-electron chi connectivity index (χ4n) is 5.11. The number of aromatic nitrogens is 6. The van der Waals surface area contributed by atoms with Crippen LogP contribution in [0, 0.1) is 11.8 Å². The number of nitrogens with two attached hydrogens (primary N) is 3. The number of hydrogen-bond donors (Lipinski definition) is 4. The highest BCUT2D eigenvalue weighted by molar-refractivity contribution is 6.17. The van der Waals surface area contributed by atoms with Gasteiger partial charge in [0.1, 0.15) is 0 Å². The Labute approximate surface area is 231 Å². The zero-order valence-corrected chi connectivity index (χ0v) is 22.0. The van der Waals surface area contributed by atoms with Crippen molar-refractivity contribution in [2.45, 2.75) is 38.1 Å². The predicted molar refractivity (Wildman–Crippen MR) is 150 cm³/mol. The summed E-state index contributed by atoms with van der Waals surface area (Å²) in [5.41, 5.74) is 21.6. The highest BCUT2D eigenvalue weighted by atomic mass is 16.2. The molecule has 2 aromatic heterocycles. The second kappa shape index (κ2) is 12.1. The van der Waals surface area contributed by atoms with Crippen LogP contribution in [-0.2, 0) is 16.0 Å². The van der Waals surface area contributed by atoms with Gasteiger partial charge in [0.25, 0.3) is 5.91 Å². The number of benzene rings is 2. The first-order valence-electron chi connectivity index (χ1n) is 13.3. The van der Waals surface area contributed by atoms with Crippen molar-refractivity contribution >= 4 is 23.5 Å². The molecule has 2 heterocycles. The quantitative estimate of drug-likeness (QED) is 0.257. The SMILES string of the molecule is NCC1CCC(C(=O)N(C(=O)[C@@H](N)Cc2cccc(-c3cnc(N)nc3)c2)c2ccc(-c3nn[nH]n3)cc2)CC1. The number of hydrogen-bond acceptors (Lipinski definition) is 10. The molecule has 0 aliphatic heterocycles. The minimum absolute atomic E-state index is 0.194. The van der Waals surface area contributed by atoms with Crippen molar-refractivity contribution in [3.8, 4) is 22.5 Å². The summed E-state index contributed by atoms with van der Waals surface area (Å²) in [5, 5.41) is 14.0. The lowest BCUT2D eigenvalue weighted by atomic mass is 9.81. The topological polar surface area (TPSA) is 196 Å². The van der Waals surface area contributed by atoms with Gasteiger partial charge in [-0.1, -0.05) is 24.3 Å². The number of anilines is 2. The second-order valence-corrected chi connectivity index (χ2v) is 10.1. The van der Waals surface area contributed by atoms with Gasteiger partial charge in [0.15, 0.2) is 0 Å². The van der Waals surface area contributed by atoms with Gasteiger partial charge in [0.05, 0.1) is 11.7 Å². The van der Waals surface area contributed by atoms with E-state index in [0.717, 1.165) is 29.5 Å². The van der Waals surface area contributed by atoms with E-state index >= 15 is 0 Å². The van der Waals surface area contributed by atoms with Gasteiger partial charge < -0.3 is 17.2 Å². The van der Waals surface area contributed by atoms with E-state index in [0.29, 0.717) is 42.4 Å². The second-order valence-electron chi connectivity index (χ2n) is 10.1. The van der Waals surface area contributed by atoms with E-state index < -0.39 is 11.9 Å². The Balaban J connectivity index is 1.38. The van der Waals surface area contributed by atoms with Crippen LogP contribution in [0.2, 0.25) is 0 Å². The third-order valence-corrected chi connectivity index (χ3v) is 7.40.